The Kier molecular flexibility index (Phi) is 5.85. The predicted octanol–water partition coefficient (Wildman–Crippen LogP) is -0.245. The second kappa shape index (κ2) is 8.99. The van der Waals surface area contributed by atoms with Crippen LogP contribution in [-0.4, -0.2) is 55.7 Å². The topological polar surface area (TPSA) is 99.7 Å². The molecule has 3 aromatic heterocycles. The molecule has 182 valence electrons. The average Bonchev–Trinajstić information content (AvgIpc) is 3.52. The molecule has 1 aliphatic rings. The van der Waals surface area contributed by atoms with Crippen LogP contribution >= 0.6 is 0 Å². The van der Waals surface area contributed by atoms with Crippen LogP contribution < -0.4 is 16.1 Å². The molecule has 0 atom stereocenters. The number of fused-ring (bicyclic) bond motifs is 1. The monoisotopic (exact) mass is 481 g/mol. The normalized spacial score (nSPS) is 14.7. The maximum atomic E-state index is 13.5. The van der Waals surface area contributed by atoms with Crippen LogP contribution in [0.4, 0.5) is 4.39 Å². The van der Waals surface area contributed by atoms with E-state index in [1.165, 1.54) is 34.9 Å². The van der Waals surface area contributed by atoms with Gasteiger partial charge in [-0.2, -0.15) is 0 Å². The molecule has 1 aromatic carbocycles. The number of aromatic nitrogens is 4. The number of furan rings is 1. The maximum Gasteiger partial charge on any atom is 0.332 e. The molecular weight excluding hydrogens is 455 g/mol. The van der Waals surface area contributed by atoms with Crippen molar-refractivity contribution in [2.24, 2.45) is 14.1 Å². The summed E-state index contributed by atoms with van der Waals surface area (Å²) in [6.45, 7) is 3.35. The van der Waals surface area contributed by atoms with E-state index in [4.69, 9.17) is 9.40 Å². The van der Waals surface area contributed by atoms with E-state index in [-0.39, 0.29) is 11.7 Å². The van der Waals surface area contributed by atoms with Gasteiger partial charge < -0.3 is 18.8 Å². The Morgan fingerprint density at radius 3 is 2.46 bits per heavy atom. The zero-order valence-corrected chi connectivity index (χ0v) is 19.5. The van der Waals surface area contributed by atoms with Gasteiger partial charge in [-0.25, -0.2) is 14.2 Å². The van der Waals surface area contributed by atoms with Gasteiger partial charge in [-0.1, -0.05) is 12.1 Å². The van der Waals surface area contributed by atoms with Gasteiger partial charge >= 0.3 is 5.69 Å². The van der Waals surface area contributed by atoms with Gasteiger partial charge in [-0.3, -0.25) is 18.7 Å². The Labute approximate surface area is 199 Å². The fourth-order valence-corrected chi connectivity index (χ4v) is 4.55. The standard InChI is InChI=1S/C24H25FN6O4/c1-27-21-20(23(33)28(2)24(27)34)31(14-16-5-7-17(25)8-6-16)19(26-21)15-29-9-11-30(12-10-29)22(32)18-4-3-13-35-18/h3-8,13H,9-12,14-15H2,1-2H3/p+1. The van der Waals surface area contributed by atoms with Crippen molar-refractivity contribution < 1.29 is 18.5 Å². The molecule has 35 heavy (non-hydrogen) atoms. The summed E-state index contributed by atoms with van der Waals surface area (Å²) in [6, 6.07) is 9.44. The number of aryl methyl sites for hydroxylation is 1. The predicted molar refractivity (Wildman–Crippen MR) is 125 cm³/mol. The zero-order chi connectivity index (χ0) is 24.7. The molecule has 0 unspecified atom stereocenters. The largest absolute Gasteiger partial charge is 0.459 e. The summed E-state index contributed by atoms with van der Waals surface area (Å²) in [6.07, 6.45) is 1.48. The van der Waals surface area contributed by atoms with E-state index in [0.29, 0.717) is 62.0 Å². The molecule has 1 aliphatic heterocycles. The molecule has 0 spiro atoms. The molecule has 0 aliphatic carbocycles. The van der Waals surface area contributed by atoms with Crippen molar-refractivity contribution in [3.05, 3.63) is 86.5 Å². The van der Waals surface area contributed by atoms with E-state index >= 15 is 0 Å². The third-order valence-electron chi connectivity index (χ3n) is 6.58. The minimum Gasteiger partial charge on any atom is -0.459 e. The van der Waals surface area contributed by atoms with Crippen LogP contribution in [0.25, 0.3) is 11.2 Å². The smallest absolute Gasteiger partial charge is 0.332 e. The first-order valence-electron chi connectivity index (χ1n) is 11.4. The van der Waals surface area contributed by atoms with Crippen LogP contribution in [0.3, 0.4) is 0 Å². The summed E-state index contributed by atoms with van der Waals surface area (Å²) in [5.74, 6) is 0.514. The lowest BCUT2D eigenvalue weighted by Gasteiger charge is -2.31. The molecule has 11 heteroatoms. The van der Waals surface area contributed by atoms with Gasteiger partial charge in [0.2, 0.25) is 0 Å². The average molecular weight is 482 g/mol. The molecule has 0 bridgehead atoms. The first kappa shape index (κ1) is 22.8. The first-order chi connectivity index (χ1) is 16.8. The lowest BCUT2D eigenvalue weighted by atomic mass is 10.2. The third-order valence-corrected chi connectivity index (χ3v) is 6.58. The van der Waals surface area contributed by atoms with Gasteiger partial charge in [0.1, 0.15) is 12.4 Å². The quantitative estimate of drug-likeness (QED) is 0.424. The van der Waals surface area contributed by atoms with Crippen LogP contribution in [0, 0.1) is 5.82 Å². The third kappa shape index (κ3) is 4.18. The van der Waals surface area contributed by atoms with E-state index in [2.05, 4.69) is 0 Å². The molecule has 4 aromatic rings. The molecule has 5 rings (SSSR count). The summed E-state index contributed by atoms with van der Waals surface area (Å²) >= 11 is 0. The number of nitrogens with zero attached hydrogens (tertiary/aromatic N) is 5. The SMILES string of the molecule is Cn1c(=O)c2c(nc(C[NH+]3CCN(C(=O)c4ccco4)CC3)n2Cc2ccc(F)cc2)n(C)c1=O. The highest BCUT2D eigenvalue weighted by Crippen LogP contribution is 2.15. The van der Waals surface area contributed by atoms with Gasteiger partial charge in [0, 0.05) is 20.6 Å². The first-order valence-corrected chi connectivity index (χ1v) is 11.4. The summed E-state index contributed by atoms with van der Waals surface area (Å²) in [5.41, 5.74) is 0.596. The molecule has 1 amide bonds. The van der Waals surface area contributed by atoms with Gasteiger partial charge in [0.25, 0.3) is 11.5 Å². The van der Waals surface area contributed by atoms with Crippen molar-refractivity contribution in [1.29, 1.82) is 0 Å². The highest BCUT2D eigenvalue weighted by molar-refractivity contribution is 5.91. The number of quaternary nitrogens is 1. The van der Waals surface area contributed by atoms with E-state index in [9.17, 15) is 18.8 Å². The molecule has 1 fully saturated rings. The Bertz CT molecular complexity index is 1490. The van der Waals surface area contributed by atoms with Crippen molar-refractivity contribution in [2.45, 2.75) is 13.1 Å². The number of hydrogen-bond donors (Lipinski definition) is 1. The van der Waals surface area contributed by atoms with Gasteiger partial charge in [0.05, 0.1) is 32.4 Å². The number of benzene rings is 1. The van der Waals surface area contributed by atoms with Crippen LogP contribution in [-0.2, 0) is 27.2 Å². The molecular formula is C24H26FN6O4+. The number of nitrogens with one attached hydrogen (secondary N) is 1. The van der Waals surface area contributed by atoms with E-state index < -0.39 is 11.2 Å². The maximum absolute atomic E-state index is 13.5. The van der Waals surface area contributed by atoms with Crippen molar-refractivity contribution in [2.75, 3.05) is 26.2 Å². The second-order valence-electron chi connectivity index (χ2n) is 8.81. The molecule has 4 heterocycles. The molecule has 10 nitrogen and oxygen atoms in total. The number of halogens is 1. The zero-order valence-electron chi connectivity index (χ0n) is 19.5. The summed E-state index contributed by atoms with van der Waals surface area (Å²) in [7, 11) is 3.04. The van der Waals surface area contributed by atoms with Crippen LogP contribution in [0.1, 0.15) is 21.9 Å². The van der Waals surface area contributed by atoms with Gasteiger partial charge in [0.15, 0.2) is 22.7 Å². The van der Waals surface area contributed by atoms with E-state index in [1.807, 2.05) is 4.57 Å². The summed E-state index contributed by atoms with van der Waals surface area (Å²) in [4.78, 5) is 45.8. The van der Waals surface area contributed by atoms with Crippen molar-refractivity contribution >= 4 is 17.1 Å². The minimum atomic E-state index is -0.446. The lowest BCUT2D eigenvalue weighted by molar-refractivity contribution is -0.918. The van der Waals surface area contributed by atoms with E-state index in [1.54, 1.807) is 36.2 Å². The number of piperazine rings is 1. The highest BCUT2D eigenvalue weighted by atomic mass is 19.1. The Morgan fingerprint density at radius 1 is 1.09 bits per heavy atom. The Hall–Kier alpha value is -3.99. The minimum absolute atomic E-state index is 0.129. The Morgan fingerprint density at radius 2 is 1.80 bits per heavy atom. The highest BCUT2D eigenvalue weighted by Gasteiger charge is 2.28. The van der Waals surface area contributed by atoms with Crippen LogP contribution in [0.15, 0.2) is 56.7 Å². The Balaban J connectivity index is 1.45. The fourth-order valence-electron chi connectivity index (χ4n) is 4.55. The summed E-state index contributed by atoms with van der Waals surface area (Å²) in [5, 5.41) is 0. The number of rotatable bonds is 5. The van der Waals surface area contributed by atoms with E-state index in [0.717, 1.165) is 10.1 Å². The molecule has 0 radical (unpaired) electrons. The number of carbonyl (C=O) groups is 1. The van der Waals surface area contributed by atoms with Gasteiger partial charge in [-0.15, -0.1) is 0 Å². The van der Waals surface area contributed by atoms with Crippen molar-refractivity contribution in [3.8, 4) is 0 Å². The molecule has 1 saturated heterocycles. The van der Waals surface area contributed by atoms with Crippen LogP contribution in [0.5, 0.6) is 0 Å². The van der Waals surface area contributed by atoms with Crippen molar-refractivity contribution in [1.82, 2.24) is 23.6 Å². The lowest BCUT2D eigenvalue weighted by Crippen LogP contribution is -3.13. The second-order valence-corrected chi connectivity index (χ2v) is 8.81. The number of amides is 1. The number of carbonyl (C=O) groups excluding carboxylic acids is 1. The summed E-state index contributed by atoms with van der Waals surface area (Å²) < 4.78 is 22.9. The number of imidazole rings is 1. The molecule has 0 saturated carbocycles. The molecule has 1 N–H and O–H groups in total. The fraction of sp³-hybridized carbons (Fsp3) is 0.333. The number of hydrogen-bond acceptors (Lipinski definition) is 5. The van der Waals surface area contributed by atoms with Crippen LogP contribution in [0.2, 0.25) is 0 Å². The van der Waals surface area contributed by atoms with Gasteiger partial charge in [-0.05, 0) is 29.8 Å². The van der Waals surface area contributed by atoms with Crippen molar-refractivity contribution in [3.63, 3.8) is 0 Å².